The van der Waals surface area contributed by atoms with E-state index in [-0.39, 0.29) is 0 Å². The maximum absolute atomic E-state index is 2.19. The average Bonchev–Trinajstić information content (AvgIpc) is 2.38. The summed E-state index contributed by atoms with van der Waals surface area (Å²) in [6.45, 7) is 6.38. The Morgan fingerprint density at radius 1 is 0.474 bits per heavy atom. The molecule has 0 unspecified atom stereocenters. The van der Waals surface area contributed by atoms with Crippen LogP contribution in [-0.2, 0) is 0 Å². The van der Waals surface area contributed by atoms with E-state index in [1.165, 1.54) is 27.5 Å². The van der Waals surface area contributed by atoms with E-state index in [0.717, 1.165) is 0 Å². The molecule has 0 aliphatic rings. The first-order valence-corrected chi connectivity index (χ1v) is 6.64. The van der Waals surface area contributed by atoms with Crippen molar-refractivity contribution in [3.05, 3.63) is 83.4 Å². The van der Waals surface area contributed by atoms with Crippen LogP contribution in [0.2, 0.25) is 0 Å². The third-order valence-corrected chi connectivity index (χ3v) is 3.02. The van der Waals surface area contributed by atoms with Gasteiger partial charge in [-0.15, -0.1) is 0 Å². The van der Waals surface area contributed by atoms with E-state index < -0.39 is 0 Å². The molecule has 0 aromatic heterocycles. The predicted molar refractivity (Wildman–Crippen MR) is 84.6 cm³/mol. The Kier molecular flexibility index (Phi) is 4.35. The van der Waals surface area contributed by atoms with E-state index in [1.807, 2.05) is 0 Å². The molecule has 0 aliphatic carbocycles. The van der Waals surface area contributed by atoms with Crippen LogP contribution in [0.1, 0.15) is 16.7 Å². The summed E-state index contributed by atoms with van der Waals surface area (Å²) in [5.41, 5.74) is 4.06. The van der Waals surface area contributed by atoms with Gasteiger partial charge in [-0.2, -0.15) is 0 Å². The maximum Gasteiger partial charge on any atom is -0.0184 e. The minimum atomic E-state index is 1.31. The molecular formula is C19H20. The first-order valence-electron chi connectivity index (χ1n) is 6.64. The highest BCUT2D eigenvalue weighted by atomic mass is 13.9. The predicted octanol–water partition coefficient (Wildman–Crippen LogP) is 5.45. The summed E-state index contributed by atoms with van der Waals surface area (Å²) in [5, 5.41) is 2.62. The zero-order valence-corrected chi connectivity index (χ0v) is 11.9. The smallest absolute Gasteiger partial charge is 0.0184 e. The molecular weight excluding hydrogens is 228 g/mol. The van der Waals surface area contributed by atoms with Gasteiger partial charge >= 0.3 is 0 Å². The third kappa shape index (κ3) is 3.96. The molecule has 0 radical (unpaired) electrons. The lowest BCUT2D eigenvalue weighted by molar-refractivity contribution is 1.32. The standard InChI is InChI=1S/C10H8.C9H12/c1-2-6-10-8-4-3-7-9(10)5-1;1-7-4-8(2)6-9(3)5-7/h1-8H;4-6H,1-3H3. The van der Waals surface area contributed by atoms with Crippen molar-refractivity contribution in [3.63, 3.8) is 0 Å². The minimum absolute atomic E-state index is 1.31. The molecule has 0 fully saturated rings. The molecule has 0 nitrogen and oxygen atoms in total. The van der Waals surface area contributed by atoms with Crippen LogP contribution in [0.3, 0.4) is 0 Å². The van der Waals surface area contributed by atoms with E-state index >= 15 is 0 Å². The second-order valence-corrected chi connectivity index (χ2v) is 5.01. The molecule has 0 N–H and O–H groups in total. The lowest BCUT2D eigenvalue weighted by Crippen LogP contribution is -1.78. The Bertz CT molecular complexity index is 550. The van der Waals surface area contributed by atoms with Crippen LogP contribution in [0.25, 0.3) is 10.8 Å². The van der Waals surface area contributed by atoms with Gasteiger partial charge in [-0.1, -0.05) is 83.4 Å². The molecule has 3 aromatic rings. The number of fused-ring (bicyclic) bond motifs is 1. The number of benzene rings is 3. The summed E-state index contributed by atoms with van der Waals surface area (Å²) in [7, 11) is 0. The van der Waals surface area contributed by atoms with Crippen LogP contribution in [0.5, 0.6) is 0 Å². The van der Waals surface area contributed by atoms with Crippen LogP contribution in [-0.4, -0.2) is 0 Å². The Morgan fingerprint density at radius 2 is 0.737 bits per heavy atom. The van der Waals surface area contributed by atoms with Crippen LogP contribution < -0.4 is 0 Å². The summed E-state index contributed by atoms with van der Waals surface area (Å²) in [4.78, 5) is 0. The fourth-order valence-electron chi connectivity index (χ4n) is 2.34. The summed E-state index contributed by atoms with van der Waals surface area (Å²) in [5.74, 6) is 0. The van der Waals surface area contributed by atoms with Crippen molar-refractivity contribution < 1.29 is 0 Å². The number of rotatable bonds is 0. The molecule has 0 saturated heterocycles. The highest BCUT2D eigenvalue weighted by Gasteiger charge is 1.87. The van der Waals surface area contributed by atoms with Gasteiger partial charge in [0.2, 0.25) is 0 Å². The number of aryl methyl sites for hydroxylation is 3. The summed E-state index contributed by atoms with van der Waals surface area (Å²) >= 11 is 0. The molecule has 0 heteroatoms. The third-order valence-electron chi connectivity index (χ3n) is 3.02. The van der Waals surface area contributed by atoms with Gasteiger partial charge in [0, 0.05) is 0 Å². The molecule has 0 amide bonds. The van der Waals surface area contributed by atoms with Gasteiger partial charge in [-0.05, 0) is 31.5 Å². The normalized spacial score (nSPS) is 9.84. The lowest BCUT2D eigenvalue weighted by atomic mass is 10.1. The van der Waals surface area contributed by atoms with Gasteiger partial charge < -0.3 is 0 Å². The SMILES string of the molecule is Cc1cc(C)cc(C)c1.c1ccc2ccccc2c1. The van der Waals surface area contributed by atoms with Crippen molar-refractivity contribution in [2.45, 2.75) is 20.8 Å². The van der Waals surface area contributed by atoms with E-state index in [0.29, 0.717) is 0 Å². The number of hydrogen-bond donors (Lipinski definition) is 0. The highest BCUT2D eigenvalue weighted by Crippen LogP contribution is 2.11. The maximum atomic E-state index is 2.19. The van der Waals surface area contributed by atoms with E-state index in [2.05, 4.69) is 87.5 Å². The quantitative estimate of drug-likeness (QED) is 0.496. The second-order valence-electron chi connectivity index (χ2n) is 5.01. The van der Waals surface area contributed by atoms with Crippen molar-refractivity contribution in [2.24, 2.45) is 0 Å². The van der Waals surface area contributed by atoms with Crippen LogP contribution in [0, 0.1) is 20.8 Å². The van der Waals surface area contributed by atoms with Gasteiger partial charge in [0.15, 0.2) is 0 Å². The van der Waals surface area contributed by atoms with Crippen LogP contribution in [0.15, 0.2) is 66.7 Å². The van der Waals surface area contributed by atoms with Gasteiger partial charge in [-0.3, -0.25) is 0 Å². The molecule has 0 saturated carbocycles. The Balaban J connectivity index is 0.000000141. The molecule has 19 heavy (non-hydrogen) atoms. The van der Waals surface area contributed by atoms with Crippen molar-refractivity contribution >= 4 is 10.8 Å². The van der Waals surface area contributed by atoms with E-state index in [9.17, 15) is 0 Å². The molecule has 3 aromatic carbocycles. The monoisotopic (exact) mass is 248 g/mol. The fourth-order valence-corrected chi connectivity index (χ4v) is 2.34. The first kappa shape index (κ1) is 13.4. The fraction of sp³-hybridized carbons (Fsp3) is 0.158. The molecule has 96 valence electrons. The van der Waals surface area contributed by atoms with Crippen molar-refractivity contribution in [1.29, 1.82) is 0 Å². The van der Waals surface area contributed by atoms with Crippen LogP contribution in [0.4, 0.5) is 0 Å². The average molecular weight is 248 g/mol. The Morgan fingerprint density at radius 3 is 1.00 bits per heavy atom. The van der Waals surface area contributed by atoms with Gasteiger partial charge in [0.05, 0.1) is 0 Å². The summed E-state index contributed by atoms with van der Waals surface area (Å²) < 4.78 is 0. The van der Waals surface area contributed by atoms with Crippen molar-refractivity contribution in [3.8, 4) is 0 Å². The van der Waals surface area contributed by atoms with Gasteiger partial charge in [0.25, 0.3) is 0 Å². The molecule has 0 spiro atoms. The Labute approximate surface area is 115 Å². The van der Waals surface area contributed by atoms with E-state index in [1.54, 1.807) is 0 Å². The van der Waals surface area contributed by atoms with Crippen molar-refractivity contribution in [2.75, 3.05) is 0 Å². The number of hydrogen-bond acceptors (Lipinski definition) is 0. The summed E-state index contributed by atoms with van der Waals surface area (Å²) in [6, 6.07) is 23.3. The Hall–Kier alpha value is -2.08. The highest BCUT2D eigenvalue weighted by molar-refractivity contribution is 5.81. The zero-order chi connectivity index (χ0) is 13.7. The lowest BCUT2D eigenvalue weighted by Gasteiger charge is -1.96. The first-order chi connectivity index (χ1) is 9.15. The van der Waals surface area contributed by atoms with Gasteiger partial charge in [0.1, 0.15) is 0 Å². The second kappa shape index (κ2) is 6.19. The largest absolute Gasteiger partial charge is 0.0616 e. The molecule has 0 heterocycles. The minimum Gasteiger partial charge on any atom is -0.0616 e. The molecule has 0 atom stereocenters. The summed E-state index contributed by atoms with van der Waals surface area (Å²) in [6.07, 6.45) is 0. The van der Waals surface area contributed by atoms with Crippen molar-refractivity contribution in [1.82, 2.24) is 0 Å². The zero-order valence-electron chi connectivity index (χ0n) is 11.9. The van der Waals surface area contributed by atoms with Gasteiger partial charge in [-0.25, -0.2) is 0 Å². The molecule has 3 rings (SSSR count). The molecule has 0 aliphatic heterocycles. The van der Waals surface area contributed by atoms with E-state index in [4.69, 9.17) is 0 Å². The van der Waals surface area contributed by atoms with Crippen LogP contribution >= 0.6 is 0 Å². The topological polar surface area (TPSA) is 0 Å². The molecule has 0 bridgehead atoms.